The number of rotatable bonds is 1. The van der Waals surface area contributed by atoms with E-state index in [1.165, 1.54) is 26.7 Å². The van der Waals surface area contributed by atoms with Crippen molar-refractivity contribution in [2.24, 2.45) is 0 Å². The van der Waals surface area contributed by atoms with E-state index in [-0.39, 0.29) is 0 Å². The number of hydrogen-bond acceptors (Lipinski definition) is 1. The van der Waals surface area contributed by atoms with E-state index in [2.05, 4.69) is 61.8 Å². The van der Waals surface area contributed by atoms with Gasteiger partial charge in [0.25, 0.3) is 0 Å². The summed E-state index contributed by atoms with van der Waals surface area (Å²) >= 11 is 1.82. The van der Waals surface area contributed by atoms with E-state index in [0.29, 0.717) is 0 Å². The molecule has 0 unspecified atom stereocenters. The molecular weight excluding hydrogens is 211 g/mol. The van der Waals surface area contributed by atoms with Crippen LogP contribution in [0.25, 0.3) is 21.2 Å². The summed E-state index contributed by atoms with van der Waals surface area (Å²) in [7, 11) is 2.17. The summed E-state index contributed by atoms with van der Waals surface area (Å²) in [6.45, 7) is 0. The molecule has 0 nitrogen and oxygen atoms in total. The topological polar surface area (TPSA) is 0 Å². The van der Waals surface area contributed by atoms with Crippen LogP contribution in [-0.2, 0) is 0 Å². The molecule has 1 aromatic heterocycles. The average Bonchev–Trinajstić information content (AvgIpc) is 2.72. The van der Waals surface area contributed by atoms with Gasteiger partial charge in [-0.1, -0.05) is 41.9 Å². The molecule has 1 heterocycles. The SMILES string of the molecule is Bc1csc2ccc(-c3ccccc3)cc12. The lowest BCUT2D eigenvalue weighted by molar-refractivity contribution is 1.66. The van der Waals surface area contributed by atoms with Crippen molar-refractivity contribution < 1.29 is 0 Å². The van der Waals surface area contributed by atoms with Crippen molar-refractivity contribution in [3.63, 3.8) is 0 Å². The molecule has 2 aromatic carbocycles. The first kappa shape index (κ1) is 9.67. The summed E-state index contributed by atoms with van der Waals surface area (Å²) in [5.74, 6) is 0. The maximum absolute atomic E-state index is 2.29. The molecule has 0 bridgehead atoms. The fourth-order valence-corrected chi connectivity index (χ4v) is 2.89. The zero-order chi connectivity index (χ0) is 11.0. The average molecular weight is 222 g/mol. The van der Waals surface area contributed by atoms with Crippen LogP contribution in [0.2, 0.25) is 0 Å². The van der Waals surface area contributed by atoms with Crippen LogP contribution in [0, 0.1) is 0 Å². The monoisotopic (exact) mass is 222 g/mol. The highest BCUT2D eigenvalue weighted by molar-refractivity contribution is 7.18. The van der Waals surface area contributed by atoms with Crippen LogP contribution in [0.5, 0.6) is 0 Å². The third kappa shape index (κ3) is 1.55. The summed E-state index contributed by atoms with van der Waals surface area (Å²) in [4.78, 5) is 0. The maximum atomic E-state index is 2.29. The van der Waals surface area contributed by atoms with Gasteiger partial charge in [-0.25, -0.2) is 0 Å². The van der Waals surface area contributed by atoms with Gasteiger partial charge in [-0.3, -0.25) is 0 Å². The zero-order valence-electron chi connectivity index (χ0n) is 9.10. The lowest BCUT2D eigenvalue weighted by atomic mass is 9.94. The van der Waals surface area contributed by atoms with Crippen LogP contribution < -0.4 is 5.46 Å². The first-order valence-electron chi connectivity index (χ1n) is 5.38. The van der Waals surface area contributed by atoms with Crippen molar-refractivity contribution in [3.8, 4) is 11.1 Å². The van der Waals surface area contributed by atoms with Crippen LogP contribution in [0.1, 0.15) is 0 Å². The highest BCUT2D eigenvalue weighted by atomic mass is 32.1. The van der Waals surface area contributed by atoms with Gasteiger partial charge in [-0.05, 0) is 34.0 Å². The molecule has 0 fully saturated rings. The fraction of sp³-hybridized carbons (Fsp3) is 0. The van der Waals surface area contributed by atoms with Crippen LogP contribution in [0.4, 0.5) is 0 Å². The molecule has 0 saturated heterocycles. The van der Waals surface area contributed by atoms with Gasteiger partial charge in [-0.15, -0.1) is 11.3 Å². The number of hydrogen-bond donors (Lipinski definition) is 0. The van der Waals surface area contributed by atoms with E-state index in [1.54, 1.807) is 0 Å². The highest BCUT2D eigenvalue weighted by Gasteiger charge is 2.02. The highest BCUT2D eigenvalue weighted by Crippen LogP contribution is 2.25. The van der Waals surface area contributed by atoms with Crippen LogP contribution in [0.3, 0.4) is 0 Å². The smallest absolute Gasteiger partial charge is 0.141 e. The fourth-order valence-electron chi connectivity index (χ4n) is 1.97. The molecule has 3 rings (SSSR count). The van der Waals surface area contributed by atoms with E-state index in [4.69, 9.17) is 0 Å². The number of fused-ring (bicyclic) bond motifs is 1. The van der Waals surface area contributed by atoms with Gasteiger partial charge in [-0.2, -0.15) is 0 Å². The summed E-state index contributed by atoms with van der Waals surface area (Å²) in [5, 5.41) is 3.60. The molecule has 0 aliphatic carbocycles. The van der Waals surface area contributed by atoms with Crippen molar-refractivity contribution >= 4 is 34.7 Å². The normalized spacial score (nSPS) is 10.8. The van der Waals surface area contributed by atoms with Gasteiger partial charge in [0.2, 0.25) is 0 Å². The Morgan fingerprint density at radius 3 is 2.50 bits per heavy atom. The predicted octanol–water partition coefficient (Wildman–Crippen LogP) is 2.83. The van der Waals surface area contributed by atoms with E-state index in [9.17, 15) is 0 Å². The van der Waals surface area contributed by atoms with E-state index >= 15 is 0 Å². The molecule has 0 aliphatic heterocycles. The predicted molar refractivity (Wildman–Crippen MR) is 75.4 cm³/mol. The maximum Gasteiger partial charge on any atom is 0.141 e. The Kier molecular flexibility index (Phi) is 2.30. The minimum atomic E-state index is 1.29. The van der Waals surface area contributed by atoms with Crippen LogP contribution >= 0.6 is 11.3 Å². The standard InChI is InChI=1S/C14H11BS/c15-13-9-16-14-7-6-11(8-12(13)14)10-4-2-1-3-5-10/h1-9H,15H2. The second-order valence-corrected chi connectivity index (χ2v) is 4.91. The third-order valence-corrected chi connectivity index (χ3v) is 3.96. The minimum absolute atomic E-state index is 1.29. The molecule has 0 saturated carbocycles. The Hall–Kier alpha value is -1.54. The molecule has 0 N–H and O–H groups in total. The lowest BCUT2D eigenvalue weighted by Crippen LogP contribution is -1.96. The van der Waals surface area contributed by atoms with Crippen LogP contribution in [0.15, 0.2) is 53.9 Å². The van der Waals surface area contributed by atoms with Gasteiger partial charge < -0.3 is 0 Å². The van der Waals surface area contributed by atoms with Crippen molar-refractivity contribution in [2.75, 3.05) is 0 Å². The number of benzene rings is 2. The Morgan fingerprint density at radius 1 is 0.875 bits per heavy atom. The quantitative estimate of drug-likeness (QED) is 0.555. The largest absolute Gasteiger partial charge is 0.144 e. The van der Waals surface area contributed by atoms with Crippen LogP contribution in [-0.4, -0.2) is 7.85 Å². The molecular formula is C14H11BS. The summed E-state index contributed by atoms with van der Waals surface area (Å²) < 4.78 is 1.37. The Morgan fingerprint density at radius 2 is 1.69 bits per heavy atom. The second kappa shape index (κ2) is 3.80. The third-order valence-electron chi connectivity index (χ3n) is 2.87. The molecule has 0 radical (unpaired) electrons. The summed E-state index contributed by atoms with van der Waals surface area (Å²) in [6.07, 6.45) is 0. The zero-order valence-corrected chi connectivity index (χ0v) is 9.92. The van der Waals surface area contributed by atoms with Crippen molar-refractivity contribution in [2.45, 2.75) is 0 Å². The molecule has 0 amide bonds. The first-order chi connectivity index (χ1) is 7.84. The van der Waals surface area contributed by atoms with Gasteiger partial charge in [0.15, 0.2) is 0 Å². The Bertz CT molecular complexity index is 626. The van der Waals surface area contributed by atoms with Gasteiger partial charge >= 0.3 is 0 Å². The molecule has 16 heavy (non-hydrogen) atoms. The molecule has 0 aliphatic rings. The van der Waals surface area contributed by atoms with Gasteiger partial charge in [0, 0.05) is 4.70 Å². The molecule has 0 spiro atoms. The van der Waals surface area contributed by atoms with Crippen molar-refractivity contribution in [3.05, 3.63) is 53.9 Å². The molecule has 2 heteroatoms. The van der Waals surface area contributed by atoms with Gasteiger partial charge in [0.1, 0.15) is 7.85 Å². The minimum Gasteiger partial charge on any atom is -0.144 e. The second-order valence-electron chi connectivity index (χ2n) is 4.00. The number of thiophene rings is 1. The van der Waals surface area contributed by atoms with Crippen molar-refractivity contribution in [1.29, 1.82) is 0 Å². The van der Waals surface area contributed by atoms with Crippen molar-refractivity contribution in [1.82, 2.24) is 0 Å². The molecule has 0 atom stereocenters. The Balaban J connectivity index is 2.22. The van der Waals surface area contributed by atoms with E-state index < -0.39 is 0 Å². The van der Waals surface area contributed by atoms with E-state index in [0.717, 1.165) is 0 Å². The summed E-state index contributed by atoms with van der Waals surface area (Å²) in [5.41, 5.74) is 3.96. The summed E-state index contributed by atoms with van der Waals surface area (Å²) in [6, 6.07) is 17.2. The van der Waals surface area contributed by atoms with E-state index in [1.807, 2.05) is 11.3 Å². The first-order valence-corrected chi connectivity index (χ1v) is 6.26. The van der Waals surface area contributed by atoms with Gasteiger partial charge in [0.05, 0.1) is 0 Å². The molecule has 76 valence electrons. The Labute approximate surface area is 100.0 Å². The lowest BCUT2D eigenvalue weighted by Gasteiger charge is -2.02. The molecule has 3 aromatic rings.